The van der Waals surface area contributed by atoms with Crippen LogP contribution in [0, 0.1) is 0 Å². The van der Waals surface area contributed by atoms with E-state index in [4.69, 9.17) is 13.9 Å². The Bertz CT molecular complexity index is 1520. The van der Waals surface area contributed by atoms with E-state index in [0.29, 0.717) is 37.6 Å². The highest BCUT2D eigenvalue weighted by Gasteiger charge is 2.32. The summed E-state index contributed by atoms with van der Waals surface area (Å²) in [5, 5.41) is 15.8. The monoisotopic (exact) mass is 546 g/mol. The zero-order chi connectivity index (χ0) is 26.6. The molecule has 0 amide bonds. The number of tetrazole rings is 1. The first-order chi connectivity index (χ1) is 19.2. The third-order valence-electron chi connectivity index (χ3n) is 6.90. The number of nitrogens with zero attached hydrogens (tertiary/aromatic N) is 5. The summed E-state index contributed by atoms with van der Waals surface area (Å²) in [4.78, 5) is 20.1. The molecule has 1 N–H and O–H groups in total. The lowest BCUT2D eigenvalue weighted by Gasteiger charge is -2.30. The van der Waals surface area contributed by atoms with Crippen molar-refractivity contribution in [2.45, 2.75) is 51.5 Å². The van der Waals surface area contributed by atoms with Gasteiger partial charge in [0.2, 0.25) is 0 Å². The fourth-order valence-corrected chi connectivity index (χ4v) is 5.85. The minimum atomic E-state index is -0.558. The molecular formula is C28H30N6O4S. The van der Waals surface area contributed by atoms with Crippen molar-refractivity contribution in [3.8, 4) is 5.75 Å². The molecule has 202 valence electrons. The van der Waals surface area contributed by atoms with Gasteiger partial charge in [0.25, 0.3) is 5.56 Å². The van der Waals surface area contributed by atoms with Crippen LogP contribution in [0.3, 0.4) is 0 Å². The van der Waals surface area contributed by atoms with Gasteiger partial charge in [-0.1, -0.05) is 6.07 Å². The minimum Gasteiger partial charge on any atom is -0.494 e. The molecule has 4 aromatic heterocycles. The number of pyridine rings is 1. The third kappa shape index (κ3) is 5.65. The topological polar surface area (TPSA) is 111 Å². The molecule has 0 saturated carbocycles. The number of furan rings is 1. The van der Waals surface area contributed by atoms with Gasteiger partial charge in [0, 0.05) is 34.5 Å². The molecule has 6 rings (SSSR count). The van der Waals surface area contributed by atoms with E-state index in [1.165, 1.54) is 0 Å². The summed E-state index contributed by atoms with van der Waals surface area (Å²) >= 11 is 1.67. The van der Waals surface area contributed by atoms with Gasteiger partial charge in [-0.05, 0) is 78.0 Å². The van der Waals surface area contributed by atoms with E-state index < -0.39 is 6.04 Å². The molecule has 0 aliphatic carbocycles. The zero-order valence-electron chi connectivity index (χ0n) is 21.7. The Morgan fingerprint density at radius 3 is 2.95 bits per heavy atom. The number of rotatable bonds is 11. The van der Waals surface area contributed by atoms with Gasteiger partial charge in [-0.3, -0.25) is 9.69 Å². The Morgan fingerprint density at radius 2 is 2.18 bits per heavy atom. The maximum Gasteiger partial charge on any atom is 0.253 e. The predicted molar refractivity (Wildman–Crippen MR) is 147 cm³/mol. The minimum absolute atomic E-state index is 0.0346. The van der Waals surface area contributed by atoms with Gasteiger partial charge in [0.15, 0.2) is 5.82 Å². The normalized spacial score (nSPS) is 16.3. The van der Waals surface area contributed by atoms with Gasteiger partial charge in [-0.25, -0.2) is 4.68 Å². The molecule has 1 aliphatic heterocycles. The van der Waals surface area contributed by atoms with Crippen LogP contribution in [0.2, 0.25) is 0 Å². The van der Waals surface area contributed by atoms with Crippen molar-refractivity contribution >= 4 is 22.2 Å². The van der Waals surface area contributed by atoms with Crippen LogP contribution in [-0.2, 0) is 24.4 Å². The second-order valence-corrected chi connectivity index (χ2v) is 10.6. The highest BCUT2D eigenvalue weighted by atomic mass is 32.1. The standard InChI is InChI=1S/C28H30N6O4S/c1-2-36-20-9-10-25-19(14-20)15-24(28(35)29-25)26(27-30-31-32-34(27)17-22-7-4-12-38-22)33(16-21-6-3-11-37-21)18-23-8-5-13-39-23/h3,5-6,8-11,13-15,22,26H,2,4,7,12,16-18H2,1H3,(H,29,35). The van der Waals surface area contributed by atoms with Crippen LogP contribution in [0.1, 0.15) is 47.8 Å². The summed E-state index contributed by atoms with van der Waals surface area (Å²) in [6.07, 6.45) is 3.66. The summed E-state index contributed by atoms with van der Waals surface area (Å²) in [5.41, 5.74) is 1.09. The molecule has 0 bridgehead atoms. The van der Waals surface area contributed by atoms with Gasteiger partial charge in [-0.2, -0.15) is 0 Å². The molecule has 1 aromatic carbocycles. The number of aromatic nitrogens is 5. The van der Waals surface area contributed by atoms with Crippen LogP contribution < -0.4 is 10.3 Å². The van der Waals surface area contributed by atoms with E-state index in [1.54, 1.807) is 22.3 Å². The number of fused-ring (bicyclic) bond motifs is 1. The Balaban J connectivity index is 1.49. The SMILES string of the molecule is CCOc1ccc2[nH]c(=O)c(C(c3nnnn3CC3CCCO3)N(Cc3ccco3)Cc3cccs3)cc2c1. The molecule has 1 saturated heterocycles. The molecule has 10 nitrogen and oxygen atoms in total. The van der Waals surface area contributed by atoms with Gasteiger partial charge in [-0.15, -0.1) is 16.4 Å². The lowest BCUT2D eigenvalue weighted by Crippen LogP contribution is -2.35. The summed E-state index contributed by atoms with van der Waals surface area (Å²) in [7, 11) is 0. The van der Waals surface area contributed by atoms with Crippen LogP contribution in [0.25, 0.3) is 10.9 Å². The van der Waals surface area contributed by atoms with Crippen molar-refractivity contribution in [3.63, 3.8) is 0 Å². The first-order valence-electron chi connectivity index (χ1n) is 13.1. The van der Waals surface area contributed by atoms with Crippen molar-refractivity contribution in [1.82, 2.24) is 30.1 Å². The van der Waals surface area contributed by atoms with E-state index in [2.05, 4.69) is 36.9 Å². The summed E-state index contributed by atoms with van der Waals surface area (Å²) in [6, 6.07) is 15.0. The first kappa shape index (κ1) is 25.5. The Labute approximate surface area is 229 Å². The molecule has 5 aromatic rings. The number of thiophene rings is 1. The molecule has 11 heteroatoms. The van der Waals surface area contributed by atoms with E-state index in [9.17, 15) is 4.79 Å². The summed E-state index contributed by atoms with van der Waals surface area (Å²) in [5.74, 6) is 2.11. The van der Waals surface area contributed by atoms with Crippen molar-refractivity contribution in [1.29, 1.82) is 0 Å². The van der Waals surface area contributed by atoms with Crippen molar-refractivity contribution in [3.05, 3.63) is 92.6 Å². The average Bonchev–Trinajstić information content (AvgIpc) is 3.75. The van der Waals surface area contributed by atoms with Crippen LogP contribution in [0.4, 0.5) is 0 Å². The predicted octanol–water partition coefficient (Wildman–Crippen LogP) is 4.54. The molecule has 1 aliphatic rings. The second-order valence-electron chi connectivity index (χ2n) is 9.56. The maximum absolute atomic E-state index is 13.7. The number of hydrogen-bond acceptors (Lipinski definition) is 9. The molecule has 39 heavy (non-hydrogen) atoms. The number of H-pyrrole nitrogens is 1. The Morgan fingerprint density at radius 1 is 1.23 bits per heavy atom. The van der Waals surface area contributed by atoms with Crippen LogP contribution in [0.15, 0.2) is 69.4 Å². The van der Waals surface area contributed by atoms with E-state index in [-0.39, 0.29) is 11.7 Å². The zero-order valence-corrected chi connectivity index (χ0v) is 22.5. The lowest BCUT2D eigenvalue weighted by atomic mass is 10.0. The number of hydrogen-bond donors (Lipinski definition) is 1. The molecule has 2 unspecified atom stereocenters. The summed E-state index contributed by atoms with van der Waals surface area (Å²) in [6.45, 7) is 4.79. The van der Waals surface area contributed by atoms with Crippen LogP contribution >= 0.6 is 11.3 Å². The van der Waals surface area contributed by atoms with Crippen molar-refractivity contribution in [2.24, 2.45) is 0 Å². The van der Waals surface area contributed by atoms with Gasteiger partial charge in [0.05, 0.1) is 32.1 Å². The second kappa shape index (κ2) is 11.5. The molecule has 1 fully saturated rings. The van der Waals surface area contributed by atoms with Crippen molar-refractivity contribution in [2.75, 3.05) is 13.2 Å². The molecular weight excluding hydrogens is 516 g/mol. The van der Waals surface area contributed by atoms with Crippen LogP contribution in [-0.4, -0.2) is 49.4 Å². The third-order valence-corrected chi connectivity index (χ3v) is 7.76. The number of aromatic amines is 1. The van der Waals surface area contributed by atoms with E-state index >= 15 is 0 Å². The number of benzene rings is 1. The largest absolute Gasteiger partial charge is 0.494 e. The van der Waals surface area contributed by atoms with Gasteiger partial charge in [0.1, 0.15) is 17.6 Å². The van der Waals surface area contributed by atoms with E-state index in [1.807, 2.05) is 49.4 Å². The number of nitrogens with one attached hydrogen (secondary N) is 1. The quantitative estimate of drug-likeness (QED) is 0.257. The van der Waals surface area contributed by atoms with E-state index in [0.717, 1.165) is 46.7 Å². The molecule has 0 radical (unpaired) electrons. The van der Waals surface area contributed by atoms with Gasteiger partial charge >= 0.3 is 0 Å². The molecule has 0 spiro atoms. The highest BCUT2D eigenvalue weighted by molar-refractivity contribution is 7.09. The summed E-state index contributed by atoms with van der Waals surface area (Å²) < 4.78 is 19.2. The fourth-order valence-electron chi connectivity index (χ4n) is 5.12. The fraction of sp³-hybridized carbons (Fsp3) is 0.357. The first-order valence-corrected chi connectivity index (χ1v) is 14.0. The van der Waals surface area contributed by atoms with Crippen molar-refractivity contribution < 1.29 is 13.9 Å². The smallest absolute Gasteiger partial charge is 0.253 e. The van der Waals surface area contributed by atoms with Crippen LogP contribution in [0.5, 0.6) is 5.75 Å². The molecule has 5 heterocycles. The highest BCUT2D eigenvalue weighted by Crippen LogP contribution is 2.32. The average molecular weight is 547 g/mol. The maximum atomic E-state index is 13.7. The Kier molecular flexibility index (Phi) is 7.53. The lowest BCUT2D eigenvalue weighted by molar-refractivity contribution is 0.0901. The Hall–Kier alpha value is -3.80. The van der Waals surface area contributed by atoms with Gasteiger partial charge < -0.3 is 18.9 Å². The molecule has 2 atom stereocenters. The number of ether oxygens (including phenoxy) is 2.